The molecular formula is C16H30O2. The highest BCUT2D eigenvalue weighted by atomic mass is 16.5. The molecule has 1 unspecified atom stereocenters. The highest BCUT2D eigenvalue weighted by Crippen LogP contribution is 2.27. The Morgan fingerprint density at radius 2 is 1.61 bits per heavy atom. The van der Waals surface area contributed by atoms with Gasteiger partial charge in [0.15, 0.2) is 0 Å². The number of rotatable bonds is 8. The molecular weight excluding hydrogens is 224 g/mol. The average Bonchev–Trinajstić information content (AvgIpc) is 2.39. The Kier molecular flexibility index (Phi) is 8.82. The monoisotopic (exact) mass is 254 g/mol. The van der Waals surface area contributed by atoms with Crippen LogP contribution in [0.15, 0.2) is 22.5 Å². The maximum Gasteiger partial charge on any atom is 0.0984 e. The van der Waals surface area contributed by atoms with E-state index in [2.05, 4.69) is 34.6 Å². The fraction of sp³-hybridized carbons (Fsp3) is 0.750. The van der Waals surface area contributed by atoms with Gasteiger partial charge in [-0.1, -0.05) is 19.4 Å². The second-order valence-electron chi connectivity index (χ2n) is 4.80. The molecule has 0 aromatic heterocycles. The molecule has 0 amide bonds. The fourth-order valence-corrected chi connectivity index (χ4v) is 2.36. The third-order valence-corrected chi connectivity index (χ3v) is 3.92. The molecule has 0 saturated carbocycles. The lowest BCUT2D eigenvalue weighted by molar-refractivity contribution is 0.181. The number of hydrogen-bond donors (Lipinski definition) is 0. The molecule has 0 aliphatic heterocycles. The Bertz CT molecular complexity index is 294. The van der Waals surface area contributed by atoms with Gasteiger partial charge >= 0.3 is 0 Å². The van der Waals surface area contributed by atoms with Crippen molar-refractivity contribution < 1.29 is 9.47 Å². The molecule has 2 nitrogen and oxygen atoms in total. The van der Waals surface area contributed by atoms with Crippen LogP contribution in [0.2, 0.25) is 0 Å². The molecule has 0 heterocycles. The molecule has 0 fully saturated rings. The molecule has 0 saturated heterocycles. The third kappa shape index (κ3) is 4.85. The average molecular weight is 254 g/mol. The standard InChI is InChI=1S/C16H30O2/c1-8-15(10-11-17-6)13(4)12(3)14(5)16(9-2)18-7/h15H,8-11H2,1-7H3/b13-12+,16-14+. The van der Waals surface area contributed by atoms with Gasteiger partial charge < -0.3 is 9.47 Å². The van der Waals surface area contributed by atoms with Gasteiger partial charge in [-0.25, -0.2) is 0 Å². The molecule has 2 heteroatoms. The second kappa shape index (κ2) is 9.21. The van der Waals surface area contributed by atoms with Gasteiger partial charge in [-0.2, -0.15) is 0 Å². The minimum atomic E-state index is 0.606. The van der Waals surface area contributed by atoms with E-state index in [0.29, 0.717) is 5.92 Å². The van der Waals surface area contributed by atoms with Crippen LogP contribution in [0, 0.1) is 5.92 Å². The van der Waals surface area contributed by atoms with Gasteiger partial charge in [0.1, 0.15) is 0 Å². The molecule has 1 atom stereocenters. The van der Waals surface area contributed by atoms with Crippen molar-refractivity contribution in [2.24, 2.45) is 5.92 Å². The van der Waals surface area contributed by atoms with Gasteiger partial charge in [-0.15, -0.1) is 0 Å². The first kappa shape index (κ1) is 17.2. The van der Waals surface area contributed by atoms with E-state index in [4.69, 9.17) is 9.47 Å². The van der Waals surface area contributed by atoms with Crippen LogP contribution in [0.25, 0.3) is 0 Å². The first-order valence-corrected chi connectivity index (χ1v) is 6.93. The molecule has 0 aliphatic rings. The van der Waals surface area contributed by atoms with Crippen LogP contribution in [0.5, 0.6) is 0 Å². The van der Waals surface area contributed by atoms with E-state index in [9.17, 15) is 0 Å². The van der Waals surface area contributed by atoms with Crippen molar-refractivity contribution in [1.82, 2.24) is 0 Å². The van der Waals surface area contributed by atoms with Gasteiger partial charge in [0.2, 0.25) is 0 Å². The maximum atomic E-state index is 5.45. The Morgan fingerprint density at radius 3 is 2.00 bits per heavy atom. The van der Waals surface area contributed by atoms with Crippen LogP contribution >= 0.6 is 0 Å². The van der Waals surface area contributed by atoms with E-state index in [1.807, 2.05) is 0 Å². The van der Waals surface area contributed by atoms with Crippen LogP contribution in [-0.2, 0) is 9.47 Å². The molecule has 0 spiro atoms. The molecule has 0 bridgehead atoms. The van der Waals surface area contributed by atoms with E-state index in [0.717, 1.165) is 31.6 Å². The molecule has 18 heavy (non-hydrogen) atoms. The summed E-state index contributed by atoms with van der Waals surface area (Å²) in [6, 6.07) is 0. The Hall–Kier alpha value is -0.760. The van der Waals surface area contributed by atoms with E-state index in [1.165, 1.54) is 16.7 Å². The zero-order valence-electron chi connectivity index (χ0n) is 13.2. The predicted octanol–water partition coefficient (Wildman–Crippen LogP) is 4.72. The highest BCUT2D eigenvalue weighted by Gasteiger charge is 2.13. The quantitative estimate of drug-likeness (QED) is 0.461. The summed E-state index contributed by atoms with van der Waals surface area (Å²) in [5.74, 6) is 1.70. The molecule has 0 radical (unpaired) electrons. The summed E-state index contributed by atoms with van der Waals surface area (Å²) in [7, 11) is 3.52. The Balaban J connectivity index is 5.12. The molecule has 0 aliphatic carbocycles. The van der Waals surface area contributed by atoms with Gasteiger partial charge in [-0.05, 0) is 50.7 Å². The van der Waals surface area contributed by atoms with Crippen molar-refractivity contribution in [2.75, 3.05) is 20.8 Å². The van der Waals surface area contributed by atoms with Crippen LogP contribution in [0.3, 0.4) is 0 Å². The topological polar surface area (TPSA) is 18.5 Å². The van der Waals surface area contributed by atoms with Crippen molar-refractivity contribution in [3.63, 3.8) is 0 Å². The van der Waals surface area contributed by atoms with Crippen LogP contribution < -0.4 is 0 Å². The summed E-state index contributed by atoms with van der Waals surface area (Å²) >= 11 is 0. The summed E-state index contributed by atoms with van der Waals surface area (Å²) in [6.07, 6.45) is 3.20. The number of ether oxygens (including phenoxy) is 2. The lowest BCUT2D eigenvalue weighted by Crippen LogP contribution is -2.07. The van der Waals surface area contributed by atoms with Crippen molar-refractivity contribution >= 4 is 0 Å². The maximum absolute atomic E-state index is 5.45. The number of hydrogen-bond acceptors (Lipinski definition) is 2. The molecule has 0 rings (SSSR count). The summed E-state index contributed by atoms with van der Waals surface area (Å²) in [6.45, 7) is 11.8. The van der Waals surface area contributed by atoms with Crippen molar-refractivity contribution in [2.45, 2.75) is 53.9 Å². The molecule has 0 N–H and O–H groups in total. The zero-order valence-corrected chi connectivity index (χ0v) is 13.2. The van der Waals surface area contributed by atoms with Crippen LogP contribution in [0.1, 0.15) is 53.9 Å². The van der Waals surface area contributed by atoms with Crippen molar-refractivity contribution in [3.8, 4) is 0 Å². The molecule has 0 aromatic carbocycles. The Morgan fingerprint density at radius 1 is 1.00 bits per heavy atom. The van der Waals surface area contributed by atoms with Gasteiger partial charge in [-0.3, -0.25) is 0 Å². The predicted molar refractivity (Wildman–Crippen MR) is 78.6 cm³/mol. The number of allylic oxidation sites excluding steroid dienone is 4. The minimum Gasteiger partial charge on any atom is -0.501 e. The van der Waals surface area contributed by atoms with Gasteiger partial charge in [0.25, 0.3) is 0 Å². The van der Waals surface area contributed by atoms with E-state index in [-0.39, 0.29) is 0 Å². The van der Waals surface area contributed by atoms with Gasteiger partial charge in [0, 0.05) is 20.1 Å². The third-order valence-electron chi connectivity index (χ3n) is 3.92. The second-order valence-corrected chi connectivity index (χ2v) is 4.80. The Labute approximate surface area is 113 Å². The molecule has 0 aromatic rings. The largest absolute Gasteiger partial charge is 0.501 e. The first-order valence-electron chi connectivity index (χ1n) is 6.93. The van der Waals surface area contributed by atoms with Crippen molar-refractivity contribution in [3.05, 3.63) is 22.5 Å². The van der Waals surface area contributed by atoms with E-state index >= 15 is 0 Å². The summed E-state index contributed by atoms with van der Waals surface area (Å²) in [5, 5.41) is 0. The highest BCUT2D eigenvalue weighted by molar-refractivity contribution is 5.34. The van der Waals surface area contributed by atoms with E-state index in [1.54, 1.807) is 14.2 Å². The SMILES string of the molecule is CC/C(OC)=C(C)\C(C)=C(/C)C(CC)CCOC. The summed E-state index contributed by atoms with van der Waals surface area (Å²) in [4.78, 5) is 0. The molecule has 106 valence electrons. The lowest BCUT2D eigenvalue weighted by Gasteiger charge is -2.20. The number of methoxy groups -OCH3 is 2. The lowest BCUT2D eigenvalue weighted by atomic mass is 9.88. The zero-order chi connectivity index (χ0) is 14.1. The summed E-state index contributed by atoms with van der Waals surface area (Å²) < 4.78 is 10.6. The van der Waals surface area contributed by atoms with Crippen LogP contribution in [0.4, 0.5) is 0 Å². The minimum absolute atomic E-state index is 0.606. The van der Waals surface area contributed by atoms with Crippen LogP contribution in [-0.4, -0.2) is 20.8 Å². The first-order chi connectivity index (χ1) is 8.53. The fourth-order valence-electron chi connectivity index (χ4n) is 2.36. The van der Waals surface area contributed by atoms with Crippen molar-refractivity contribution in [1.29, 1.82) is 0 Å². The van der Waals surface area contributed by atoms with E-state index < -0.39 is 0 Å². The van der Waals surface area contributed by atoms with Gasteiger partial charge in [0.05, 0.1) is 12.9 Å². The summed E-state index contributed by atoms with van der Waals surface area (Å²) in [5.41, 5.74) is 4.13. The normalized spacial score (nSPS) is 15.9. The smallest absolute Gasteiger partial charge is 0.0984 e.